The number of benzene rings is 2. The molecule has 0 aliphatic rings. The number of amides is 1. The number of nitro benzene ring substituents is 1. The fourth-order valence-corrected chi connectivity index (χ4v) is 2.35. The maximum atomic E-state index is 12.3. The molecule has 26 heavy (non-hydrogen) atoms. The van der Waals surface area contributed by atoms with Crippen LogP contribution >= 0.6 is 0 Å². The van der Waals surface area contributed by atoms with E-state index in [0.29, 0.717) is 11.3 Å². The van der Waals surface area contributed by atoms with Crippen LogP contribution in [-0.4, -0.2) is 28.8 Å². The number of aromatic hydroxyl groups is 1. The molecule has 2 aromatic carbocycles. The Balaban J connectivity index is 2.03. The molecule has 0 aliphatic heterocycles. The molecule has 2 aromatic rings. The molecule has 2 N–H and O–H groups in total. The van der Waals surface area contributed by atoms with Crippen LogP contribution in [0.25, 0.3) is 0 Å². The highest BCUT2D eigenvalue weighted by atomic mass is 16.6. The summed E-state index contributed by atoms with van der Waals surface area (Å²) >= 11 is 0. The van der Waals surface area contributed by atoms with Crippen molar-refractivity contribution in [3.05, 3.63) is 57.6 Å². The smallest absolute Gasteiger partial charge is 0.271 e. The summed E-state index contributed by atoms with van der Waals surface area (Å²) in [5, 5.41) is 22.8. The van der Waals surface area contributed by atoms with Gasteiger partial charge in [-0.2, -0.15) is 0 Å². The van der Waals surface area contributed by atoms with Crippen molar-refractivity contribution in [2.24, 2.45) is 0 Å². The van der Waals surface area contributed by atoms with Crippen LogP contribution in [-0.2, 0) is 4.79 Å². The number of rotatable bonds is 7. The number of aryl methyl sites for hydroxylation is 1. The normalized spacial score (nSPS) is 10.2. The molecule has 8 heteroatoms. The molecule has 0 bridgehead atoms. The minimum absolute atomic E-state index is 0.0681. The van der Waals surface area contributed by atoms with Crippen molar-refractivity contribution in [3.8, 4) is 11.5 Å². The number of carbonyl (C=O) groups is 2. The van der Waals surface area contributed by atoms with Crippen LogP contribution in [0.1, 0.15) is 28.8 Å². The first-order valence-corrected chi connectivity index (χ1v) is 7.77. The summed E-state index contributed by atoms with van der Waals surface area (Å²) in [4.78, 5) is 34.5. The summed E-state index contributed by atoms with van der Waals surface area (Å²) in [5.41, 5.74) is 0.932. The molecule has 2 rings (SSSR count). The lowest BCUT2D eigenvalue weighted by molar-refractivity contribution is -0.384. The molecule has 0 spiro atoms. The number of nitro groups is 1. The maximum Gasteiger partial charge on any atom is 0.271 e. The van der Waals surface area contributed by atoms with Crippen LogP contribution in [0.2, 0.25) is 0 Å². The number of ketones is 1. The van der Waals surface area contributed by atoms with E-state index in [1.165, 1.54) is 7.11 Å². The molecule has 0 atom stereocenters. The number of hydrogen-bond acceptors (Lipinski definition) is 6. The Bertz CT molecular complexity index is 863. The van der Waals surface area contributed by atoms with Crippen molar-refractivity contribution in [1.29, 1.82) is 0 Å². The fraction of sp³-hybridized carbons (Fsp3) is 0.222. The minimum Gasteiger partial charge on any atom is -0.506 e. The quantitative estimate of drug-likeness (QED) is 0.339. The highest BCUT2D eigenvalue weighted by Gasteiger charge is 2.16. The lowest BCUT2D eigenvalue weighted by atomic mass is 10.0. The number of anilines is 1. The Labute approximate surface area is 149 Å². The molecule has 0 aliphatic carbocycles. The van der Waals surface area contributed by atoms with Crippen molar-refractivity contribution in [1.82, 2.24) is 0 Å². The van der Waals surface area contributed by atoms with E-state index in [2.05, 4.69) is 5.32 Å². The summed E-state index contributed by atoms with van der Waals surface area (Å²) < 4.78 is 5.16. The van der Waals surface area contributed by atoms with E-state index < -0.39 is 10.8 Å². The Morgan fingerprint density at radius 3 is 2.58 bits per heavy atom. The van der Waals surface area contributed by atoms with Crippen molar-refractivity contribution in [2.75, 3.05) is 12.4 Å². The van der Waals surface area contributed by atoms with Gasteiger partial charge in [0.2, 0.25) is 5.91 Å². The van der Waals surface area contributed by atoms with Gasteiger partial charge in [-0.25, -0.2) is 0 Å². The zero-order chi connectivity index (χ0) is 19.3. The van der Waals surface area contributed by atoms with Gasteiger partial charge in [0.15, 0.2) is 5.78 Å². The topological polar surface area (TPSA) is 119 Å². The highest BCUT2D eigenvalue weighted by molar-refractivity contribution is 6.02. The summed E-state index contributed by atoms with van der Waals surface area (Å²) in [6, 6.07) is 8.48. The number of non-ortho nitro benzene ring substituents is 1. The van der Waals surface area contributed by atoms with Gasteiger partial charge in [0, 0.05) is 25.0 Å². The second-order valence-electron chi connectivity index (χ2n) is 5.63. The van der Waals surface area contributed by atoms with Crippen LogP contribution in [0.3, 0.4) is 0 Å². The standard InChI is InChI=1S/C18H18N2O6/c1-11-3-7-17(26-2)13(9-11)15(21)6-8-18(23)19-14-10-12(20(24)25)4-5-16(14)22/h3-5,7,9-10,22H,6,8H2,1-2H3,(H,19,23). The molecule has 0 fully saturated rings. The van der Waals surface area contributed by atoms with Gasteiger partial charge in [-0.1, -0.05) is 11.6 Å². The van der Waals surface area contributed by atoms with Crippen molar-refractivity contribution >= 4 is 23.1 Å². The van der Waals surface area contributed by atoms with E-state index in [4.69, 9.17) is 4.74 Å². The molecule has 0 heterocycles. The molecular weight excluding hydrogens is 340 g/mol. The molecule has 0 saturated carbocycles. The average Bonchev–Trinajstić information content (AvgIpc) is 2.61. The first-order chi connectivity index (χ1) is 12.3. The lowest BCUT2D eigenvalue weighted by Crippen LogP contribution is -2.14. The Morgan fingerprint density at radius 2 is 1.92 bits per heavy atom. The summed E-state index contributed by atoms with van der Waals surface area (Å²) in [6.45, 7) is 1.84. The van der Waals surface area contributed by atoms with Gasteiger partial charge in [0.1, 0.15) is 11.5 Å². The van der Waals surface area contributed by atoms with Gasteiger partial charge in [-0.3, -0.25) is 19.7 Å². The maximum absolute atomic E-state index is 12.3. The van der Waals surface area contributed by atoms with E-state index in [1.807, 2.05) is 13.0 Å². The monoisotopic (exact) mass is 358 g/mol. The minimum atomic E-state index is -0.636. The molecule has 136 valence electrons. The predicted octanol–water partition coefficient (Wildman–Crippen LogP) is 3.22. The van der Waals surface area contributed by atoms with Gasteiger partial charge in [0.25, 0.3) is 5.69 Å². The van der Waals surface area contributed by atoms with Gasteiger partial charge < -0.3 is 15.2 Å². The number of methoxy groups -OCH3 is 1. The number of nitrogens with zero attached hydrogens (tertiary/aromatic N) is 1. The van der Waals surface area contributed by atoms with Crippen molar-refractivity contribution in [3.63, 3.8) is 0 Å². The van der Waals surface area contributed by atoms with Crippen LogP contribution in [0.5, 0.6) is 11.5 Å². The second-order valence-corrected chi connectivity index (χ2v) is 5.63. The molecule has 0 aromatic heterocycles. The number of hydrogen-bond donors (Lipinski definition) is 2. The molecular formula is C18H18N2O6. The van der Waals surface area contributed by atoms with E-state index >= 15 is 0 Å². The van der Waals surface area contributed by atoms with Crippen molar-refractivity contribution < 1.29 is 24.4 Å². The summed E-state index contributed by atoms with van der Waals surface area (Å²) in [5.74, 6) is -0.669. The van der Waals surface area contributed by atoms with Crippen molar-refractivity contribution in [2.45, 2.75) is 19.8 Å². The number of phenols is 1. The zero-order valence-corrected chi connectivity index (χ0v) is 14.3. The average molecular weight is 358 g/mol. The van der Waals surface area contributed by atoms with Gasteiger partial charge in [-0.15, -0.1) is 0 Å². The van der Waals surface area contributed by atoms with E-state index in [0.717, 1.165) is 23.8 Å². The largest absolute Gasteiger partial charge is 0.506 e. The van der Waals surface area contributed by atoms with Gasteiger partial charge >= 0.3 is 0 Å². The lowest BCUT2D eigenvalue weighted by Gasteiger charge is -2.09. The van der Waals surface area contributed by atoms with E-state index in [1.54, 1.807) is 12.1 Å². The Hall–Kier alpha value is -3.42. The molecule has 8 nitrogen and oxygen atoms in total. The molecule has 0 unspecified atom stereocenters. The Morgan fingerprint density at radius 1 is 1.19 bits per heavy atom. The van der Waals surface area contributed by atoms with Crippen LogP contribution < -0.4 is 10.1 Å². The summed E-state index contributed by atoms with van der Waals surface area (Å²) in [6.07, 6.45) is -0.209. The van der Waals surface area contributed by atoms with Gasteiger partial charge in [-0.05, 0) is 25.1 Å². The number of ether oxygens (including phenoxy) is 1. The number of Topliss-reactive ketones (excluding diaryl/α,β-unsaturated/α-hetero) is 1. The Kier molecular flexibility index (Phi) is 5.90. The van der Waals surface area contributed by atoms with Gasteiger partial charge in [0.05, 0.1) is 23.3 Å². The molecule has 1 amide bonds. The molecule has 0 radical (unpaired) electrons. The van der Waals surface area contributed by atoms with Crippen LogP contribution in [0, 0.1) is 17.0 Å². The van der Waals surface area contributed by atoms with Crippen LogP contribution in [0.15, 0.2) is 36.4 Å². The predicted molar refractivity (Wildman–Crippen MR) is 94.7 cm³/mol. The third-order valence-corrected chi connectivity index (χ3v) is 3.70. The summed E-state index contributed by atoms with van der Waals surface area (Å²) in [7, 11) is 1.46. The zero-order valence-electron chi connectivity index (χ0n) is 14.3. The number of nitrogens with one attached hydrogen (secondary N) is 1. The van der Waals surface area contributed by atoms with Crippen LogP contribution in [0.4, 0.5) is 11.4 Å². The third-order valence-electron chi connectivity index (χ3n) is 3.70. The fourth-order valence-electron chi connectivity index (χ4n) is 2.35. The highest BCUT2D eigenvalue weighted by Crippen LogP contribution is 2.28. The number of phenolic OH excluding ortho intramolecular Hbond substituents is 1. The number of carbonyl (C=O) groups excluding carboxylic acids is 2. The molecule has 0 saturated heterocycles. The third kappa shape index (κ3) is 4.56. The van der Waals surface area contributed by atoms with E-state index in [-0.39, 0.29) is 35.7 Å². The second kappa shape index (κ2) is 8.11. The first-order valence-electron chi connectivity index (χ1n) is 7.77. The SMILES string of the molecule is COc1ccc(C)cc1C(=O)CCC(=O)Nc1cc([N+](=O)[O-])ccc1O. The van der Waals surface area contributed by atoms with E-state index in [9.17, 15) is 24.8 Å². The first kappa shape index (κ1) is 18.9.